The van der Waals surface area contributed by atoms with Gasteiger partial charge in [0.2, 0.25) is 0 Å². The second kappa shape index (κ2) is 11.5. The number of rotatable bonds is 8. The smallest absolute Gasteiger partial charge is 0.118 e. The van der Waals surface area contributed by atoms with Crippen LogP contribution >= 0.6 is 18.9 Å². The third kappa shape index (κ3) is 5.34. The Morgan fingerprint density at radius 2 is 1.14 bits per heavy atom. The quantitative estimate of drug-likeness (QED) is 0.158. The first-order valence-corrected chi connectivity index (χ1v) is 14.6. The molecule has 1 heterocycles. The van der Waals surface area contributed by atoms with Crippen LogP contribution in [-0.4, -0.2) is 4.98 Å². The minimum Gasteiger partial charge on any atom is -0.250 e. The van der Waals surface area contributed by atoms with Gasteiger partial charge in [-0.05, 0) is 65.7 Å². The van der Waals surface area contributed by atoms with E-state index in [0.717, 1.165) is 28.7 Å². The Hall–Kier alpha value is -3.51. The van der Waals surface area contributed by atoms with Crippen molar-refractivity contribution in [3.63, 3.8) is 0 Å². The number of hydrogen-bond donors (Lipinski definition) is 0. The van der Waals surface area contributed by atoms with Gasteiger partial charge in [-0.25, -0.2) is 4.98 Å². The Kier molecular flexibility index (Phi) is 7.72. The maximum Gasteiger partial charge on any atom is 0.118 e. The van der Waals surface area contributed by atoms with Crippen LogP contribution in [0.3, 0.4) is 0 Å². The topological polar surface area (TPSA) is 12.9 Å². The summed E-state index contributed by atoms with van der Waals surface area (Å²) >= 11 is 6.02. The largest absolute Gasteiger partial charge is 0.250 e. The lowest BCUT2D eigenvalue weighted by atomic mass is 10.1. The number of pyridine rings is 1. The highest BCUT2D eigenvalue weighted by Crippen LogP contribution is 2.57. The number of nitrogens with zero attached hydrogens (tertiary/aromatic N) is 1. The normalized spacial score (nSPS) is 11.6. The fourth-order valence-corrected chi connectivity index (χ4v) is 8.97. The lowest BCUT2D eigenvalue weighted by Gasteiger charge is -2.27. The SMILES string of the molecule is ClCc1cccc(C=Cc2cccc(C[P+](c3ccccc3)(c3ccccc3)c3ccccc3)n2)c1. The molecule has 36 heavy (non-hydrogen) atoms. The molecule has 5 rings (SSSR count). The van der Waals surface area contributed by atoms with E-state index in [4.69, 9.17) is 16.6 Å². The average Bonchev–Trinajstić information content (AvgIpc) is 2.96. The van der Waals surface area contributed by atoms with E-state index in [0.29, 0.717) is 5.88 Å². The molecule has 0 fully saturated rings. The van der Waals surface area contributed by atoms with Crippen molar-refractivity contribution in [1.82, 2.24) is 4.98 Å². The zero-order chi connectivity index (χ0) is 24.6. The summed E-state index contributed by atoms with van der Waals surface area (Å²) in [6, 6.07) is 47.5. The van der Waals surface area contributed by atoms with E-state index in [1.165, 1.54) is 15.9 Å². The van der Waals surface area contributed by atoms with Gasteiger partial charge in [0.1, 0.15) is 29.3 Å². The van der Waals surface area contributed by atoms with E-state index in [-0.39, 0.29) is 0 Å². The van der Waals surface area contributed by atoms with Crippen molar-refractivity contribution in [2.75, 3.05) is 0 Å². The first-order chi connectivity index (χ1) is 17.8. The zero-order valence-corrected chi connectivity index (χ0v) is 21.7. The molecular formula is C33H28ClNP+. The van der Waals surface area contributed by atoms with Gasteiger partial charge in [-0.1, -0.05) is 91.0 Å². The van der Waals surface area contributed by atoms with Crippen molar-refractivity contribution >= 4 is 46.9 Å². The molecule has 0 radical (unpaired) electrons. The number of hydrogen-bond acceptors (Lipinski definition) is 1. The summed E-state index contributed by atoms with van der Waals surface area (Å²) in [6.07, 6.45) is 5.05. The predicted octanol–water partition coefficient (Wildman–Crippen LogP) is 7.48. The Morgan fingerprint density at radius 1 is 0.583 bits per heavy atom. The molecule has 1 nitrogen and oxygen atoms in total. The van der Waals surface area contributed by atoms with Gasteiger partial charge in [-0.3, -0.25) is 0 Å². The number of halogens is 1. The van der Waals surface area contributed by atoms with E-state index in [9.17, 15) is 0 Å². The highest BCUT2D eigenvalue weighted by Gasteiger charge is 2.45. The van der Waals surface area contributed by atoms with Crippen molar-refractivity contribution in [2.45, 2.75) is 12.0 Å². The molecule has 0 amide bonds. The van der Waals surface area contributed by atoms with Gasteiger partial charge >= 0.3 is 0 Å². The molecule has 5 aromatic rings. The third-order valence-electron chi connectivity index (χ3n) is 6.37. The van der Waals surface area contributed by atoms with Crippen molar-refractivity contribution < 1.29 is 0 Å². The summed E-state index contributed by atoms with van der Waals surface area (Å²) in [5.41, 5.74) is 4.29. The summed E-state index contributed by atoms with van der Waals surface area (Å²) in [5, 5.41) is 4.09. The average molecular weight is 505 g/mol. The number of benzene rings is 4. The van der Waals surface area contributed by atoms with E-state index in [1.807, 2.05) is 12.1 Å². The molecule has 0 N–H and O–H groups in total. The molecule has 0 atom stereocenters. The molecule has 0 bridgehead atoms. The molecule has 0 aliphatic carbocycles. The monoisotopic (exact) mass is 504 g/mol. The van der Waals surface area contributed by atoms with Gasteiger partial charge < -0.3 is 0 Å². The van der Waals surface area contributed by atoms with Crippen molar-refractivity contribution in [1.29, 1.82) is 0 Å². The molecule has 0 aliphatic rings. The molecular weight excluding hydrogens is 477 g/mol. The van der Waals surface area contributed by atoms with Crippen LogP contribution < -0.4 is 15.9 Å². The molecule has 1 aromatic heterocycles. The van der Waals surface area contributed by atoms with Gasteiger partial charge in [-0.15, -0.1) is 11.6 Å². The van der Waals surface area contributed by atoms with Crippen LogP contribution in [0, 0.1) is 0 Å². The van der Waals surface area contributed by atoms with Crippen LogP contribution in [0.2, 0.25) is 0 Å². The van der Waals surface area contributed by atoms with E-state index in [2.05, 4.69) is 133 Å². The standard InChI is InChI=1S/C33H28ClNP/c34-25-28-13-10-12-27(24-28)22-23-29-14-11-15-30(35-29)26-36(31-16-4-1-5-17-31,32-18-6-2-7-19-32)33-20-8-3-9-21-33/h1-24H,25-26H2/q+1. The van der Waals surface area contributed by atoms with E-state index >= 15 is 0 Å². The molecule has 3 heteroatoms. The summed E-state index contributed by atoms with van der Waals surface area (Å²) in [4.78, 5) is 5.11. The Labute approximate surface area is 219 Å². The van der Waals surface area contributed by atoms with Crippen LogP contribution in [0.4, 0.5) is 0 Å². The fraction of sp³-hybridized carbons (Fsp3) is 0.0606. The van der Waals surface area contributed by atoms with Crippen LogP contribution in [0.1, 0.15) is 22.5 Å². The van der Waals surface area contributed by atoms with Crippen molar-refractivity contribution in [3.05, 3.63) is 156 Å². The minimum atomic E-state index is -1.98. The molecule has 0 saturated heterocycles. The van der Waals surface area contributed by atoms with Gasteiger partial charge in [-0.2, -0.15) is 0 Å². The molecule has 0 unspecified atom stereocenters. The van der Waals surface area contributed by atoms with Crippen LogP contribution in [0.5, 0.6) is 0 Å². The number of aromatic nitrogens is 1. The molecule has 0 spiro atoms. The lowest BCUT2D eigenvalue weighted by molar-refractivity contribution is 1.15. The van der Waals surface area contributed by atoms with Crippen molar-refractivity contribution in [2.24, 2.45) is 0 Å². The van der Waals surface area contributed by atoms with Crippen molar-refractivity contribution in [3.8, 4) is 0 Å². The second-order valence-electron chi connectivity index (χ2n) is 8.74. The summed E-state index contributed by atoms with van der Waals surface area (Å²) < 4.78 is 0. The van der Waals surface area contributed by atoms with Crippen LogP contribution in [0.15, 0.2) is 133 Å². The Bertz CT molecular complexity index is 1340. The van der Waals surface area contributed by atoms with Crippen LogP contribution in [-0.2, 0) is 12.0 Å². The minimum absolute atomic E-state index is 0.514. The van der Waals surface area contributed by atoms with Gasteiger partial charge in [0.15, 0.2) is 0 Å². The maximum absolute atomic E-state index is 6.02. The van der Waals surface area contributed by atoms with E-state index < -0.39 is 7.26 Å². The predicted molar refractivity (Wildman–Crippen MR) is 158 cm³/mol. The first-order valence-electron chi connectivity index (χ1n) is 12.1. The summed E-state index contributed by atoms with van der Waals surface area (Å²) in [7, 11) is -1.98. The van der Waals surface area contributed by atoms with Gasteiger partial charge in [0.25, 0.3) is 0 Å². The maximum atomic E-state index is 6.02. The molecule has 0 saturated carbocycles. The second-order valence-corrected chi connectivity index (χ2v) is 12.5. The Balaban J connectivity index is 1.58. The fourth-order valence-electron chi connectivity index (χ4n) is 4.65. The van der Waals surface area contributed by atoms with Gasteiger partial charge in [0, 0.05) is 5.88 Å². The highest BCUT2D eigenvalue weighted by atomic mass is 35.5. The third-order valence-corrected chi connectivity index (χ3v) is 11.0. The molecule has 0 aliphatic heterocycles. The molecule has 4 aromatic carbocycles. The highest BCUT2D eigenvalue weighted by molar-refractivity contribution is 7.95. The summed E-state index contributed by atoms with van der Waals surface area (Å²) in [6.45, 7) is 0. The van der Waals surface area contributed by atoms with Gasteiger partial charge in [0.05, 0.1) is 11.4 Å². The lowest BCUT2D eigenvalue weighted by Crippen LogP contribution is -2.32. The molecule has 176 valence electrons. The summed E-state index contributed by atoms with van der Waals surface area (Å²) in [5.74, 6) is 0.514. The first kappa shape index (κ1) is 24.2. The van der Waals surface area contributed by atoms with E-state index in [1.54, 1.807) is 0 Å². The number of alkyl halides is 1. The van der Waals surface area contributed by atoms with Crippen LogP contribution in [0.25, 0.3) is 12.2 Å². The Morgan fingerprint density at radius 3 is 1.69 bits per heavy atom. The zero-order valence-electron chi connectivity index (χ0n) is 20.0.